The standard InChI is InChI=1S/C18H18O7/c1-11(19)23-16-14(9-6-10-15(16)21)18(24-12(2)20)25-17(22)13-7-4-3-5-8-13/h3-10,15-16,18,21H,1-2H3/t15-,16-,18?/m0/s1. The molecule has 1 N–H and O–H groups in total. The molecular weight excluding hydrogens is 328 g/mol. The molecule has 0 radical (unpaired) electrons. The first-order valence-corrected chi connectivity index (χ1v) is 7.55. The van der Waals surface area contributed by atoms with Crippen molar-refractivity contribution in [3.8, 4) is 0 Å². The predicted octanol–water partition coefficient (Wildman–Crippen LogP) is 1.52. The Morgan fingerprint density at radius 3 is 2.32 bits per heavy atom. The van der Waals surface area contributed by atoms with Gasteiger partial charge < -0.3 is 19.3 Å². The summed E-state index contributed by atoms with van der Waals surface area (Å²) in [6.45, 7) is 2.33. The Balaban J connectivity index is 2.27. The van der Waals surface area contributed by atoms with E-state index in [-0.39, 0.29) is 11.1 Å². The van der Waals surface area contributed by atoms with E-state index in [4.69, 9.17) is 14.2 Å². The third-order valence-corrected chi connectivity index (χ3v) is 3.30. The van der Waals surface area contributed by atoms with Crippen molar-refractivity contribution < 1.29 is 33.7 Å². The first-order valence-electron chi connectivity index (χ1n) is 7.55. The van der Waals surface area contributed by atoms with Crippen LogP contribution in [0.15, 0.2) is 54.1 Å². The van der Waals surface area contributed by atoms with Crippen LogP contribution < -0.4 is 0 Å². The Kier molecular flexibility index (Phi) is 6.08. The van der Waals surface area contributed by atoms with Crippen molar-refractivity contribution in [1.29, 1.82) is 0 Å². The van der Waals surface area contributed by atoms with Gasteiger partial charge in [0, 0.05) is 13.8 Å². The fraction of sp³-hybridized carbons (Fsp3) is 0.278. The van der Waals surface area contributed by atoms with Gasteiger partial charge in [0.2, 0.25) is 0 Å². The summed E-state index contributed by atoms with van der Waals surface area (Å²) in [5, 5.41) is 10.0. The highest BCUT2D eigenvalue weighted by Gasteiger charge is 2.35. The number of carbonyl (C=O) groups excluding carboxylic acids is 3. The normalized spacial score (nSPS) is 20.2. The second kappa shape index (κ2) is 8.25. The number of benzene rings is 1. The van der Waals surface area contributed by atoms with Crippen LogP contribution in [0, 0.1) is 0 Å². The molecule has 1 aromatic carbocycles. The number of hydrogen-bond acceptors (Lipinski definition) is 7. The lowest BCUT2D eigenvalue weighted by molar-refractivity contribution is -0.165. The van der Waals surface area contributed by atoms with E-state index in [0.717, 1.165) is 6.92 Å². The fourth-order valence-electron chi connectivity index (χ4n) is 2.25. The molecule has 7 heteroatoms. The molecule has 2 rings (SSSR count). The van der Waals surface area contributed by atoms with Gasteiger partial charge in [0.25, 0.3) is 6.29 Å². The average molecular weight is 346 g/mol. The van der Waals surface area contributed by atoms with Gasteiger partial charge in [-0.25, -0.2) is 4.79 Å². The van der Waals surface area contributed by atoms with Crippen molar-refractivity contribution in [2.45, 2.75) is 32.3 Å². The van der Waals surface area contributed by atoms with Crippen molar-refractivity contribution in [2.75, 3.05) is 0 Å². The zero-order chi connectivity index (χ0) is 18.4. The first kappa shape index (κ1) is 18.4. The van der Waals surface area contributed by atoms with Crippen LogP contribution in [0.1, 0.15) is 24.2 Å². The first-order chi connectivity index (χ1) is 11.9. The maximum Gasteiger partial charge on any atom is 0.341 e. The number of carbonyl (C=O) groups is 3. The maximum absolute atomic E-state index is 12.3. The van der Waals surface area contributed by atoms with E-state index in [0.29, 0.717) is 0 Å². The highest BCUT2D eigenvalue weighted by molar-refractivity contribution is 5.89. The van der Waals surface area contributed by atoms with Gasteiger partial charge in [-0.1, -0.05) is 36.4 Å². The minimum Gasteiger partial charge on any atom is -0.455 e. The van der Waals surface area contributed by atoms with Gasteiger partial charge in [0.1, 0.15) is 6.10 Å². The van der Waals surface area contributed by atoms with E-state index in [2.05, 4.69) is 0 Å². The van der Waals surface area contributed by atoms with Gasteiger partial charge in [0.05, 0.1) is 11.1 Å². The molecule has 0 amide bonds. The average Bonchev–Trinajstić information content (AvgIpc) is 2.56. The van der Waals surface area contributed by atoms with Crippen LogP contribution in [-0.2, 0) is 23.8 Å². The highest BCUT2D eigenvalue weighted by Crippen LogP contribution is 2.24. The molecule has 0 bridgehead atoms. The van der Waals surface area contributed by atoms with E-state index in [1.165, 1.54) is 25.2 Å². The summed E-state index contributed by atoms with van der Waals surface area (Å²) < 4.78 is 15.4. The predicted molar refractivity (Wildman–Crippen MR) is 86.2 cm³/mol. The topological polar surface area (TPSA) is 99.1 Å². The molecule has 1 aliphatic rings. The lowest BCUT2D eigenvalue weighted by atomic mass is 9.98. The number of rotatable bonds is 5. The molecule has 0 spiro atoms. The molecule has 0 saturated carbocycles. The molecule has 0 aromatic heterocycles. The molecule has 25 heavy (non-hydrogen) atoms. The summed E-state index contributed by atoms with van der Waals surface area (Å²) in [7, 11) is 0. The van der Waals surface area contributed by atoms with Gasteiger partial charge in [-0.15, -0.1) is 0 Å². The lowest BCUT2D eigenvalue weighted by Gasteiger charge is -2.29. The monoisotopic (exact) mass is 346 g/mol. The SMILES string of the molecule is CC(=O)OC(OC(=O)c1ccccc1)C1=CC=C[C@H](O)[C@H]1OC(C)=O. The molecule has 0 fully saturated rings. The molecule has 1 aromatic rings. The number of aliphatic hydroxyl groups is 1. The summed E-state index contributed by atoms with van der Waals surface area (Å²) >= 11 is 0. The van der Waals surface area contributed by atoms with Crippen LogP contribution >= 0.6 is 0 Å². The van der Waals surface area contributed by atoms with Crippen molar-refractivity contribution in [2.24, 2.45) is 0 Å². The Morgan fingerprint density at radius 1 is 1.04 bits per heavy atom. The zero-order valence-electron chi connectivity index (χ0n) is 13.7. The minimum absolute atomic E-state index is 0.143. The molecule has 132 valence electrons. The van der Waals surface area contributed by atoms with Gasteiger partial charge >= 0.3 is 17.9 Å². The Morgan fingerprint density at radius 2 is 1.72 bits per heavy atom. The van der Waals surface area contributed by atoms with Gasteiger partial charge in [-0.3, -0.25) is 9.59 Å². The lowest BCUT2D eigenvalue weighted by Crippen LogP contribution is -2.40. The van der Waals surface area contributed by atoms with Crippen LogP contribution in [0.25, 0.3) is 0 Å². The number of ether oxygens (including phenoxy) is 3. The largest absolute Gasteiger partial charge is 0.455 e. The van der Waals surface area contributed by atoms with Gasteiger partial charge in [0.15, 0.2) is 6.10 Å². The van der Waals surface area contributed by atoms with Crippen molar-refractivity contribution in [3.05, 3.63) is 59.7 Å². The Hall–Kier alpha value is -2.93. The fourth-order valence-corrected chi connectivity index (χ4v) is 2.25. The summed E-state index contributed by atoms with van der Waals surface area (Å²) in [6, 6.07) is 8.14. The van der Waals surface area contributed by atoms with Gasteiger partial charge in [-0.05, 0) is 12.1 Å². The van der Waals surface area contributed by atoms with Crippen molar-refractivity contribution in [1.82, 2.24) is 0 Å². The molecule has 1 unspecified atom stereocenters. The Labute approximate surface area is 144 Å². The quantitative estimate of drug-likeness (QED) is 0.637. The van der Waals surface area contributed by atoms with E-state index >= 15 is 0 Å². The Bertz CT molecular complexity index is 705. The summed E-state index contributed by atoms with van der Waals surface area (Å²) in [4.78, 5) is 34.9. The van der Waals surface area contributed by atoms with Gasteiger partial charge in [-0.2, -0.15) is 0 Å². The van der Waals surface area contributed by atoms with Crippen molar-refractivity contribution >= 4 is 17.9 Å². The molecule has 0 saturated heterocycles. The minimum atomic E-state index is -1.44. The van der Waals surface area contributed by atoms with E-state index in [9.17, 15) is 19.5 Å². The molecule has 0 aliphatic heterocycles. The smallest absolute Gasteiger partial charge is 0.341 e. The van der Waals surface area contributed by atoms with Crippen molar-refractivity contribution in [3.63, 3.8) is 0 Å². The second-order valence-electron chi connectivity index (χ2n) is 5.28. The molecule has 7 nitrogen and oxygen atoms in total. The number of allylic oxidation sites excluding steroid dienone is 2. The van der Waals surface area contributed by atoms with Crippen LogP contribution in [0.2, 0.25) is 0 Å². The molecular formula is C18H18O7. The highest BCUT2D eigenvalue weighted by atomic mass is 16.7. The third-order valence-electron chi connectivity index (χ3n) is 3.30. The number of hydrogen-bond donors (Lipinski definition) is 1. The maximum atomic E-state index is 12.3. The summed E-state index contributed by atoms with van der Waals surface area (Å²) in [5.41, 5.74) is 0.404. The molecule has 1 aliphatic carbocycles. The van der Waals surface area contributed by atoms with Crippen LogP contribution in [0.4, 0.5) is 0 Å². The third kappa shape index (κ3) is 5.02. The summed E-state index contributed by atoms with van der Waals surface area (Å²) in [5.74, 6) is -2.06. The summed E-state index contributed by atoms with van der Waals surface area (Å²) in [6.07, 6.45) is 0.641. The second-order valence-corrected chi connectivity index (χ2v) is 5.28. The van der Waals surface area contributed by atoms with E-state index in [1.807, 2.05) is 0 Å². The zero-order valence-corrected chi connectivity index (χ0v) is 13.7. The number of aliphatic hydroxyl groups excluding tert-OH is 1. The van der Waals surface area contributed by atoms with E-state index in [1.54, 1.807) is 30.3 Å². The molecule has 0 heterocycles. The van der Waals surface area contributed by atoms with E-state index < -0.39 is 36.4 Å². The molecule has 3 atom stereocenters. The van der Waals surface area contributed by atoms with Crippen LogP contribution in [-0.4, -0.2) is 41.5 Å². The van der Waals surface area contributed by atoms with Crippen LogP contribution in [0.3, 0.4) is 0 Å². The van der Waals surface area contributed by atoms with Crippen LogP contribution in [0.5, 0.6) is 0 Å². The number of esters is 3.